The van der Waals surface area contributed by atoms with Crippen LogP contribution in [0.2, 0.25) is 0 Å². The van der Waals surface area contributed by atoms with E-state index < -0.39 is 0 Å². The quantitative estimate of drug-likeness (QED) is 0.791. The van der Waals surface area contributed by atoms with Crippen LogP contribution in [0.5, 0.6) is 5.75 Å². The van der Waals surface area contributed by atoms with Crippen molar-refractivity contribution in [2.24, 2.45) is 5.92 Å². The lowest BCUT2D eigenvalue weighted by Gasteiger charge is -2.17. The third-order valence-electron chi connectivity index (χ3n) is 3.06. The summed E-state index contributed by atoms with van der Waals surface area (Å²) >= 11 is 0. The monoisotopic (exact) mass is 264 g/mol. The lowest BCUT2D eigenvalue weighted by molar-refractivity contribution is -0.124. The van der Waals surface area contributed by atoms with E-state index in [1.807, 2.05) is 38.2 Å². The van der Waals surface area contributed by atoms with Crippen LogP contribution in [0.3, 0.4) is 0 Å². The Morgan fingerprint density at radius 1 is 1.21 bits per heavy atom. The van der Waals surface area contributed by atoms with Gasteiger partial charge in [0.2, 0.25) is 0 Å². The fraction of sp³-hybridized carbons (Fsp3) is 0.533. The van der Waals surface area contributed by atoms with Crippen LogP contribution >= 0.6 is 0 Å². The van der Waals surface area contributed by atoms with Crippen LogP contribution in [0.15, 0.2) is 24.3 Å². The van der Waals surface area contributed by atoms with Gasteiger partial charge in [-0.15, -0.1) is 0 Å². The van der Waals surface area contributed by atoms with Gasteiger partial charge in [-0.2, -0.15) is 0 Å². The van der Waals surface area contributed by atoms with Crippen molar-refractivity contribution in [2.75, 3.05) is 13.7 Å². The summed E-state index contributed by atoms with van der Waals surface area (Å²) in [5, 5.41) is 5.99. The summed E-state index contributed by atoms with van der Waals surface area (Å²) in [5.41, 5.74) is 1.19. The Kier molecular flexibility index (Phi) is 6.36. The molecule has 1 rings (SSSR count). The number of hydrogen-bond donors (Lipinski definition) is 2. The van der Waals surface area contributed by atoms with Crippen LogP contribution in [0, 0.1) is 5.92 Å². The minimum Gasteiger partial charge on any atom is -0.484 e. The van der Waals surface area contributed by atoms with E-state index in [2.05, 4.69) is 24.5 Å². The van der Waals surface area contributed by atoms with Gasteiger partial charge < -0.3 is 15.4 Å². The number of carbonyl (C=O) groups is 1. The van der Waals surface area contributed by atoms with Crippen LogP contribution in [-0.4, -0.2) is 25.6 Å². The second-order valence-corrected chi connectivity index (χ2v) is 5.06. The Labute approximate surface area is 115 Å². The second kappa shape index (κ2) is 7.79. The van der Waals surface area contributed by atoms with Gasteiger partial charge in [0.05, 0.1) is 0 Å². The van der Waals surface area contributed by atoms with Gasteiger partial charge >= 0.3 is 0 Å². The largest absolute Gasteiger partial charge is 0.484 e. The molecule has 0 spiro atoms. The normalized spacial score (nSPS) is 12.3. The van der Waals surface area contributed by atoms with Gasteiger partial charge in [-0.25, -0.2) is 0 Å². The fourth-order valence-corrected chi connectivity index (χ4v) is 1.52. The molecule has 1 aromatic rings. The Bertz CT molecular complexity index is 388. The predicted octanol–water partition coefficient (Wildman–Crippen LogP) is 1.95. The molecule has 0 heterocycles. The molecule has 0 radical (unpaired) electrons. The number of hydrogen-bond acceptors (Lipinski definition) is 3. The molecular weight excluding hydrogens is 240 g/mol. The molecule has 106 valence electrons. The Morgan fingerprint density at radius 2 is 1.84 bits per heavy atom. The molecule has 2 N–H and O–H groups in total. The van der Waals surface area contributed by atoms with Crippen molar-refractivity contribution in [3.63, 3.8) is 0 Å². The van der Waals surface area contributed by atoms with Crippen LogP contribution in [0.4, 0.5) is 0 Å². The second-order valence-electron chi connectivity index (χ2n) is 5.06. The zero-order valence-corrected chi connectivity index (χ0v) is 12.2. The van der Waals surface area contributed by atoms with E-state index in [-0.39, 0.29) is 18.6 Å². The maximum absolute atomic E-state index is 11.7. The molecule has 1 aromatic carbocycles. The molecule has 0 aliphatic carbocycles. The summed E-state index contributed by atoms with van der Waals surface area (Å²) in [6.45, 7) is 7.03. The Hall–Kier alpha value is -1.55. The first kappa shape index (κ1) is 15.5. The molecule has 0 saturated carbocycles. The van der Waals surface area contributed by atoms with Crippen molar-refractivity contribution in [3.8, 4) is 5.75 Å². The van der Waals surface area contributed by atoms with Crippen LogP contribution in [-0.2, 0) is 11.3 Å². The van der Waals surface area contributed by atoms with Gasteiger partial charge in [-0.1, -0.05) is 26.0 Å². The standard InChI is InChI=1S/C15H24N2O2/c1-11(2)12(3)17-15(18)10-19-14-7-5-13(6-8-14)9-16-4/h5-8,11-12,16H,9-10H2,1-4H3,(H,17,18). The molecule has 4 heteroatoms. The molecule has 4 nitrogen and oxygen atoms in total. The minimum atomic E-state index is -0.0829. The summed E-state index contributed by atoms with van der Waals surface area (Å²) in [7, 11) is 1.91. The molecule has 19 heavy (non-hydrogen) atoms. The highest BCUT2D eigenvalue weighted by Crippen LogP contribution is 2.11. The first-order valence-electron chi connectivity index (χ1n) is 6.68. The number of ether oxygens (including phenoxy) is 1. The Balaban J connectivity index is 2.37. The van der Waals surface area contributed by atoms with E-state index in [0.29, 0.717) is 11.7 Å². The van der Waals surface area contributed by atoms with Gasteiger partial charge in [-0.05, 0) is 37.6 Å². The summed E-state index contributed by atoms with van der Waals surface area (Å²) < 4.78 is 5.45. The van der Waals surface area contributed by atoms with Crippen molar-refractivity contribution < 1.29 is 9.53 Å². The SMILES string of the molecule is CNCc1ccc(OCC(=O)NC(C)C(C)C)cc1. The molecule has 0 fully saturated rings. The van der Waals surface area contributed by atoms with Gasteiger partial charge in [-0.3, -0.25) is 4.79 Å². The summed E-state index contributed by atoms with van der Waals surface area (Å²) in [6.07, 6.45) is 0. The van der Waals surface area contributed by atoms with Gasteiger partial charge in [0, 0.05) is 12.6 Å². The lowest BCUT2D eigenvalue weighted by atomic mass is 10.1. The molecule has 0 aliphatic heterocycles. The third-order valence-corrected chi connectivity index (χ3v) is 3.06. The molecule has 0 aromatic heterocycles. The zero-order valence-electron chi connectivity index (χ0n) is 12.2. The molecule has 1 atom stereocenters. The number of benzene rings is 1. The predicted molar refractivity (Wildman–Crippen MR) is 77.1 cm³/mol. The van der Waals surface area contributed by atoms with Crippen molar-refractivity contribution >= 4 is 5.91 Å². The highest BCUT2D eigenvalue weighted by atomic mass is 16.5. The Morgan fingerprint density at radius 3 is 2.37 bits per heavy atom. The van der Waals surface area contributed by atoms with E-state index in [1.165, 1.54) is 5.56 Å². The number of rotatable bonds is 7. The van der Waals surface area contributed by atoms with Crippen LogP contribution in [0.1, 0.15) is 26.3 Å². The van der Waals surface area contributed by atoms with Crippen molar-refractivity contribution in [1.29, 1.82) is 0 Å². The zero-order chi connectivity index (χ0) is 14.3. The number of amides is 1. The maximum atomic E-state index is 11.7. The average Bonchev–Trinajstić information content (AvgIpc) is 2.38. The highest BCUT2D eigenvalue weighted by Gasteiger charge is 2.10. The summed E-state index contributed by atoms with van der Waals surface area (Å²) in [4.78, 5) is 11.7. The molecule has 0 saturated heterocycles. The lowest BCUT2D eigenvalue weighted by Crippen LogP contribution is -2.38. The van der Waals surface area contributed by atoms with E-state index in [4.69, 9.17) is 4.74 Å². The van der Waals surface area contributed by atoms with Gasteiger partial charge in [0.1, 0.15) is 5.75 Å². The van der Waals surface area contributed by atoms with E-state index in [9.17, 15) is 4.79 Å². The first-order chi connectivity index (χ1) is 9.02. The van der Waals surface area contributed by atoms with E-state index in [0.717, 1.165) is 6.54 Å². The number of nitrogens with one attached hydrogen (secondary N) is 2. The van der Waals surface area contributed by atoms with Gasteiger partial charge in [0.15, 0.2) is 6.61 Å². The highest BCUT2D eigenvalue weighted by molar-refractivity contribution is 5.77. The summed E-state index contributed by atoms with van der Waals surface area (Å²) in [5.74, 6) is 1.05. The summed E-state index contributed by atoms with van der Waals surface area (Å²) in [6, 6.07) is 7.90. The van der Waals surface area contributed by atoms with Crippen LogP contribution < -0.4 is 15.4 Å². The number of carbonyl (C=O) groups excluding carboxylic acids is 1. The molecule has 1 unspecified atom stereocenters. The van der Waals surface area contributed by atoms with Gasteiger partial charge in [0.25, 0.3) is 5.91 Å². The minimum absolute atomic E-state index is 0.0580. The molecule has 0 aliphatic rings. The third kappa shape index (κ3) is 5.75. The molecular formula is C15H24N2O2. The molecule has 0 bridgehead atoms. The smallest absolute Gasteiger partial charge is 0.258 e. The van der Waals surface area contributed by atoms with Crippen molar-refractivity contribution in [1.82, 2.24) is 10.6 Å². The maximum Gasteiger partial charge on any atom is 0.258 e. The van der Waals surface area contributed by atoms with Crippen LogP contribution in [0.25, 0.3) is 0 Å². The topological polar surface area (TPSA) is 50.4 Å². The van der Waals surface area contributed by atoms with E-state index in [1.54, 1.807) is 0 Å². The van der Waals surface area contributed by atoms with E-state index >= 15 is 0 Å². The molecule has 1 amide bonds. The fourth-order valence-electron chi connectivity index (χ4n) is 1.52. The first-order valence-corrected chi connectivity index (χ1v) is 6.68. The van der Waals surface area contributed by atoms with Crippen molar-refractivity contribution in [2.45, 2.75) is 33.4 Å². The average molecular weight is 264 g/mol. The van der Waals surface area contributed by atoms with Crippen molar-refractivity contribution in [3.05, 3.63) is 29.8 Å².